The normalized spacial score (nSPS) is 11.6. The van der Waals surface area contributed by atoms with Crippen LogP contribution in [0, 0.1) is 0 Å². The fourth-order valence-corrected chi connectivity index (χ4v) is 4.17. The van der Waals surface area contributed by atoms with E-state index in [0.717, 1.165) is 16.9 Å². The number of carbonyl (C=O) groups is 2. The first-order valence-electron chi connectivity index (χ1n) is 12.5. The van der Waals surface area contributed by atoms with Crippen molar-refractivity contribution in [2.75, 3.05) is 13.7 Å². The Bertz CT molecular complexity index is 1140. The van der Waals surface area contributed by atoms with Gasteiger partial charge in [-0.05, 0) is 61.7 Å². The van der Waals surface area contributed by atoms with E-state index in [9.17, 15) is 9.59 Å². The minimum absolute atomic E-state index is 0.0547. The molecule has 3 aromatic carbocycles. The highest BCUT2D eigenvalue weighted by molar-refractivity contribution is 6.31. The average molecular weight is 523 g/mol. The first-order valence-corrected chi connectivity index (χ1v) is 12.9. The Balaban J connectivity index is 1.77. The van der Waals surface area contributed by atoms with E-state index < -0.39 is 6.04 Å². The second-order valence-corrected chi connectivity index (χ2v) is 9.52. The van der Waals surface area contributed by atoms with Crippen LogP contribution in [-0.4, -0.2) is 42.5 Å². The molecule has 0 saturated heterocycles. The van der Waals surface area contributed by atoms with E-state index in [-0.39, 0.29) is 30.8 Å². The number of rotatable bonds is 13. The van der Waals surface area contributed by atoms with Crippen molar-refractivity contribution in [1.82, 2.24) is 10.2 Å². The SMILES string of the molecule is COc1ccc(OCCCC(=O)N(Cc2ccccc2Cl)C(Cc2ccccc2)C(=O)NC(C)C)cc1. The van der Waals surface area contributed by atoms with Crippen LogP contribution >= 0.6 is 11.6 Å². The van der Waals surface area contributed by atoms with E-state index in [1.807, 2.05) is 86.6 Å². The summed E-state index contributed by atoms with van der Waals surface area (Å²) in [6.07, 6.45) is 1.15. The van der Waals surface area contributed by atoms with Crippen molar-refractivity contribution in [2.24, 2.45) is 0 Å². The summed E-state index contributed by atoms with van der Waals surface area (Å²) in [5.41, 5.74) is 1.77. The maximum atomic E-state index is 13.6. The summed E-state index contributed by atoms with van der Waals surface area (Å²) in [6.45, 7) is 4.43. The number of hydrogen-bond donors (Lipinski definition) is 1. The zero-order chi connectivity index (χ0) is 26.6. The molecule has 37 heavy (non-hydrogen) atoms. The fourth-order valence-electron chi connectivity index (χ4n) is 3.97. The molecule has 7 heteroatoms. The van der Waals surface area contributed by atoms with Gasteiger partial charge in [-0.1, -0.05) is 60.1 Å². The molecule has 196 valence electrons. The smallest absolute Gasteiger partial charge is 0.243 e. The maximum Gasteiger partial charge on any atom is 0.243 e. The molecular weight excluding hydrogens is 488 g/mol. The van der Waals surface area contributed by atoms with Crippen molar-refractivity contribution in [2.45, 2.75) is 51.7 Å². The van der Waals surface area contributed by atoms with E-state index in [1.165, 1.54) is 0 Å². The molecule has 0 saturated carbocycles. The summed E-state index contributed by atoms with van der Waals surface area (Å²) >= 11 is 6.45. The maximum absolute atomic E-state index is 13.6. The van der Waals surface area contributed by atoms with Gasteiger partial charge >= 0.3 is 0 Å². The predicted molar refractivity (Wildman–Crippen MR) is 147 cm³/mol. The van der Waals surface area contributed by atoms with E-state index in [1.54, 1.807) is 18.1 Å². The summed E-state index contributed by atoms with van der Waals surface area (Å²) in [5.74, 6) is 1.15. The standard InChI is InChI=1S/C30H35ClN2O4/c1-22(2)32-30(35)28(20-23-10-5-4-6-11-23)33(21-24-12-7-8-13-27(24)31)29(34)14-9-19-37-26-17-15-25(36-3)16-18-26/h4-8,10-13,15-18,22,28H,9,14,19-21H2,1-3H3,(H,32,35). The molecule has 2 amide bonds. The third kappa shape index (κ3) is 8.83. The van der Waals surface area contributed by atoms with Crippen LogP contribution in [0.3, 0.4) is 0 Å². The molecule has 0 aliphatic carbocycles. The molecule has 0 aliphatic rings. The molecule has 0 fully saturated rings. The van der Waals surface area contributed by atoms with Crippen LogP contribution in [0.4, 0.5) is 0 Å². The van der Waals surface area contributed by atoms with Gasteiger partial charge in [0.25, 0.3) is 0 Å². The minimum atomic E-state index is -0.684. The minimum Gasteiger partial charge on any atom is -0.497 e. The molecule has 0 aliphatic heterocycles. The lowest BCUT2D eigenvalue weighted by Crippen LogP contribution is -2.51. The second-order valence-electron chi connectivity index (χ2n) is 9.11. The molecule has 0 spiro atoms. The Morgan fingerprint density at radius 2 is 1.57 bits per heavy atom. The third-order valence-corrected chi connectivity index (χ3v) is 6.23. The molecule has 0 aromatic heterocycles. The Labute approximate surface area is 224 Å². The molecule has 3 aromatic rings. The van der Waals surface area contributed by atoms with Crippen molar-refractivity contribution >= 4 is 23.4 Å². The monoisotopic (exact) mass is 522 g/mol. The van der Waals surface area contributed by atoms with Crippen LogP contribution in [-0.2, 0) is 22.6 Å². The number of carbonyl (C=O) groups excluding carboxylic acids is 2. The van der Waals surface area contributed by atoms with E-state index >= 15 is 0 Å². The van der Waals surface area contributed by atoms with Gasteiger partial charge in [-0.3, -0.25) is 9.59 Å². The van der Waals surface area contributed by atoms with Gasteiger partial charge in [0, 0.05) is 30.5 Å². The summed E-state index contributed by atoms with van der Waals surface area (Å²) in [5, 5.41) is 3.56. The molecule has 1 atom stereocenters. The van der Waals surface area contributed by atoms with Gasteiger partial charge < -0.3 is 19.7 Å². The number of methoxy groups -OCH3 is 1. The fraction of sp³-hybridized carbons (Fsp3) is 0.333. The van der Waals surface area contributed by atoms with E-state index in [4.69, 9.17) is 21.1 Å². The third-order valence-electron chi connectivity index (χ3n) is 5.86. The Kier molecular flexibility index (Phi) is 10.8. The summed E-state index contributed by atoms with van der Waals surface area (Å²) in [4.78, 5) is 28.6. The quantitative estimate of drug-likeness (QED) is 0.294. The highest BCUT2D eigenvalue weighted by Gasteiger charge is 2.30. The highest BCUT2D eigenvalue weighted by Crippen LogP contribution is 2.22. The van der Waals surface area contributed by atoms with Crippen molar-refractivity contribution in [3.8, 4) is 11.5 Å². The van der Waals surface area contributed by atoms with Crippen molar-refractivity contribution in [1.29, 1.82) is 0 Å². The molecular formula is C30H35ClN2O4. The number of benzene rings is 3. The van der Waals surface area contributed by atoms with E-state index in [0.29, 0.717) is 30.2 Å². The van der Waals surface area contributed by atoms with Crippen LogP contribution < -0.4 is 14.8 Å². The van der Waals surface area contributed by atoms with Crippen LogP contribution in [0.5, 0.6) is 11.5 Å². The Hall–Kier alpha value is -3.51. The predicted octanol–water partition coefficient (Wildman–Crippen LogP) is 5.67. The molecule has 0 bridgehead atoms. The second kappa shape index (κ2) is 14.3. The highest BCUT2D eigenvalue weighted by atomic mass is 35.5. The number of amides is 2. The van der Waals surface area contributed by atoms with Crippen molar-refractivity contribution < 1.29 is 19.1 Å². The van der Waals surface area contributed by atoms with Gasteiger partial charge in [0.05, 0.1) is 13.7 Å². The zero-order valence-electron chi connectivity index (χ0n) is 21.7. The van der Waals surface area contributed by atoms with Crippen LogP contribution in [0.2, 0.25) is 5.02 Å². The number of hydrogen-bond acceptors (Lipinski definition) is 4. The number of nitrogens with zero attached hydrogens (tertiary/aromatic N) is 1. The van der Waals surface area contributed by atoms with Gasteiger partial charge in [-0.2, -0.15) is 0 Å². The van der Waals surface area contributed by atoms with Crippen molar-refractivity contribution in [3.05, 3.63) is 95.0 Å². The summed E-state index contributed by atoms with van der Waals surface area (Å²) in [6, 6.07) is 23.7. The molecule has 6 nitrogen and oxygen atoms in total. The molecule has 3 rings (SSSR count). The van der Waals surface area contributed by atoms with Crippen LogP contribution in [0.15, 0.2) is 78.9 Å². The van der Waals surface area contributed by atoms with Crippen LogP contribution in [0.1, 0.15) is 37.8 Å². The molecule has 0 radical (unpaired) electrons. The Morgan fingerprint density at radius 1 is 0.919 bits per heavy atom. The van der Waals surface area contributed by atoms with Gasteiger partial charge in [0.2, 0.25) is 11.8 Å². The number of nitrogens with one attached hydrogen (secondary N) is 1. The van der Waals surface area contributed by atoms with E-state index in [2.05, 4.69) is 5.32 Å². The largest absolute Gasteiger partial charge is 0.497 e. The molecule has 1 unspecified atom stereocenters. The lowest BCUT2D eigenvalue weighted by molar-refractivity contribution is -0.141. The van der Waals surface area contributed by atoms with Gasteiger partial charge in [0.1, 0.15) is 17.5 Å². The lowest BCUT2D eigenvalue weighted by Gasteiger charge is -2.32. The van der Waals surface area contributed by atoms with Crippen molar-refractivity contribution in [3.63, 3.8) is 0 Å². The molecule has 1 N–H and O–H groups in total. The van der Waals surface area contributed by atoms with Gasteiger partial charge in [-0.15, -0.1) is 0 Å². The van der Waals surface area contributed by atoms with Gasteiger partial charge in [-0.25, -0.2) is 0 Å². The topological polar surface area (TPSA) is 67.9 Å². The van der Waals surface area contributed by atoms with Crippen LogP contribution in [0.25, 0.3) is 0 Å². The number of halogens is 1. The van der Waals surface area contributed by atoms with Gasteiger partial charge in [0.15, 0.2) is 0 Å². The Morgan fingerprint density at radius 3 is 2.22 bits per heavy atom. The zero-order valence-corrected chi connectivity index (χ0v) is 22.4. The first-order chi connectivity index (χ1) is 17.9. The molecule has 0 heterocycles. The average Bonchev–Trinajstić information content (AvgIpc) is 2.90. The number of ether oxygens (including phenoxy) is 2. The first kappa shape index (κ1) is 28.1. The summed E-state index contributed by atoms with van der Waals surface area (Å²) < 4.78 is 11.0. The lowest BCUT2D eigenvalue weighted by atomic mass is 10.0. The summed E-state index contributed by atoms with van der Waals surface area (Å²) in [7, 11) is 1.61.